The number of hydrogen-bond donors (Lipinski definition) is 0. The van der Waals surface area contributed by atoms with Crippen LogP contribution in [-0.4, -0.2) is 0 Å². The van der Waals surface area contributed by atoms with Crippen molar-refractivity contribution in [1.29, 1.82) is 0 Å². The number of hydrogen-bond acceptors (Lipinski definition) is 1. The largest absolute Gasteiger partial charge is 0.473 e. The Morgan fingerprint density at radius 1 is 0.417 bits per heavy atom. The number of furan rings is 1. The summed E-state index contributed by atoms with van der Waals surface area (Å²) < 4.78 is 4.58. The van der Waals surface area contributed by atoms with E-state index in [4.69, 9.17) is 0 Å². The van der Waals surface area contributed by atoms with Gasteiger partial charge in [-0.25, -0.2) is 0 Å². The summed E-state index contributed by atoms with van der Waals surface area (Å²) >= 11 is 0. The summed E-state index contributed by atoms with van der Waals surface area (Å²) in [6.07, 6.45) is 3.25. The molecule has 1 heterocycles. The highest BCUT2D eigenvalue weighted by Crippen LogP contribution is 2.32. The van der Waals surface area contributed by atoms with E-state index in [1.165, 1.54) is 15.9 Å². The first kappa shape index (κ1) is 16.2. The Kier molecular flexibility index (Phi) is 5.99. The summed E-state index contributed by atoms with van der Waals surface area (Å²) in [6, 6.07) is 36.0. The molecule has 0 N–H and O–H groups in total. The Morgan fingerprint density at radius 2 is 0.750 bits per heavy atom. The summed E-state index contributed by atoms with van der Waals surface area (Å²) in [5, 5.41) is 4.19. The molecule has 0 bridgehead atoms. The summed E-state index contributed by atoms with van der Waals surface area (Å²) in [5.41, 5.74) is 0. The van der Waals surface area contributed by atoms with E-state index in [1.807, 2.05) is 12.1 Å². The molecule has 4 aromatic rings. The van der Waals surface area contributed by atoms with Crippen LogP contribution in [-0.2, 0) is 0 Å². The molecule has 0 aliphatic heterocycles. The van der Waals surface area contributed by atoms with Crippen LogP contribution in [0.2, 0.25) is 0 Å². The van der Waals surface area contributed by atoms with Crippen molar-refractivity contribution in [2.75, 3.05) is 0 Å². The van der Waals surface area contributed by atoms with E-state index in [0.29, 0.717) is 0 Å². The molecule has 0 radical (unpaired) electrons. The average Bonchev–Trinajstić information content (AvgIpc) is 3.25. The van der Waals surface area contributed by atoms with Crippen molar-refractivity contribution in [2.45, 2.75) is 0 Å². The highest BCUT2D eigenvalue weighted by atomic mass is 31.1. The van der Waals surface area contributed by atoms with E-state index in [9.17, 15) is 0 Å². The lowest BCUT2D eigenvalue weighted by Gasteiger charge is -2.18. The van der Waals surface area contributed by atoms with Gasteiger partial charge in [0.15, 0.2) is 0 Å². The minimum absolute atomic E-state index is 0.446. The minimum atomic E-state index is -0.446. The molecule has 0 spiro atoms. The van der Waals surface area contributed by atoms with Gasteiger partial charge in [-0.05, 0) is 36.0 Å². The van der Waals surface area contributed by atoms with Gasteiger partial charge in [-0.2, -0.15) is 0 Å². The van der Waals surface area contributed by atoms with Crippen LogP contribution in [0.1, 0.15) is 0 Å². The average molecular weight is 330 g/mol. The van der Waals surface area contributed by atoms with E-state index < -0.39 is 7.92 Å². The van der Waals surface area contributed by atoms with E-state index in [0.717, 1.165) is 0 Å². The highest BCUT2D eigenvalue weighted by Gasteiger charge is 2.14. The fourth-order valence-corrected chi connectivity index (χ4v) is 4.71. The summed E-state index contributed by atoms with van der Waals surface area (Å²) in [7, 11) is -0.446. The molecular formula is C22H19OP. The van der Waals surface area contributed by atoms with Gasteiger partial charge < -0.3 is 4.42 Å². The van der Waals surface area contributed by atoms with E-state index >= 15 is 0 Å². The first-order valence-corrected chi connectivity index (χ1v) is 9.22. The van der Waals surface area contributed by atoms with Crippen LogP contribution in [0.5, 0.6) is 0 Å². The van der Waals surface area contributed by atoms with Crippen molar-refractivity contribution in [3.63, 3.8) is 0 Å². The first-order valence-electron chi connectivity index (χ1n) is 7.87. The lowest BCUT2D eigenvalue weighted by molar-refractivity contribution is 0.567. The lowest BCUT2D eigenvalue weighted by Crippen LogP contribution is -2.20. The zero-order valence-electron chi connectivity index (χ0n) is 13.3. The maximum absolute atomic E-state index is 4.58. The van der Waals surface area contributed by atoms with Crippen LogP contribution in [0.4, 0.5) is 0 Å². The molecule has 0 saturated carbocycles. The summed E-state index contributed by atoms with van der Waals surface area (Å²) in [6.45, 7) is 0. The van der Waals surface area contributed by atoms with Crippen molar-refractivity contribution in [2.24, 2.45) is 0 Å². The molecule has 24 heavy (non-hydrogen) atoms. The highest BCUT2D eigenvalue weighted by molar-refractivity contribution is 7.79. The maximum Gasteiger partial charge on any atom is 0.0902 e. The fourth-order valence-electron chi connectivity index (χ4n) is 2.41. The quantitative estimate of drug-likeness (QED) is 0.495. The molecule has 2 heteroatoms. The monoisotopic (exact) mass is 330 g/mol. The van der Waals surface area contributed by atoms with Crippen LogP contribution in [0.15, 0.2) is 120 Å². The van der Waals surface area contributed by atoms with E-state index in [1.54, 1.807) is 12.5 Å². The molecule has 0 aliphatic carbocycles. The van der Waals surface area contributed by atoms with Gasteiger partial charge in [-0.1, -0.05) is 91.0 Å². The molecule has 0 saturated heterocycles. The second-order valence-corrected chi connectivity index (χ2v) is 7.36. The first-order chi connectivity index (χ1) is 11.9. The molecular weight excluding hydrogens is 311 g/mol. The lowest BCUT2D eigenvalue weighted by atomic mass is 10.4. The summed E-state index contributed by atoms with van der Waals surface area (Å²) in [4.78, 5) is 0. The van der Waals surface area contributed by atoms with E-state index in [2.05, 4.69) is 95.4 Å². The Balaban J connectivity index is 0.000000290. The van der Waals surface area contributed by atoms with Gasteiger partial charge in [-0.3, -0.25) is 0 Å². The molecule has 1 nitrogen and oxygen atoms in total. The molecule has 0 aliphatic rings. The van der Waals surface area contributed by atoms with Crippen molar-refractivity contribution in [3.05, 3.63) is 116 Å². The van der Waals surface area contributed by atoms with Crippen LogP contribution in [0.3, 0.4) is 0 Å². The zero-order valence-corrected chi connectivity index (χ0v) is 14.2. The molecule has 0 unspecified atom stereocenters. The van der Waals surface area contributed by atoms with Gasteiger partial charge in [0.25, 0.3) is 0 Å². The molecule has 3 aromatic carbocycles. The van der Waals surface area contributed by atoms with Crippen molar-refractivity contribution < 1.29 is 4.42 Å². The van der Waals surface area contributed by atoms with Gasteiger partial charge in [0.2, 0.25) is 0 Å². The smallest absolute Gasteiger partial charge is 0.0902 e. The molecule has 1 aromatic heterocycles. The second-order valence-electron chi connectivity index (χ2n) is 5.14. The predicted octanol–water partition coefficient (Wildman–Crippen LogP) is 4.72. The summed E-state index contributed by atoms with van der Waals surface area (Å²) in [5.74, 6) is 0. The molecule has 0 amide bonds. The SMILES string of the molecule is c1ccc(P(c2ccccc2)c2ccccc2)cc1.c1ccoc1. The van der Waals surface area contributed by atoms with E-state index in [-0.39, 0.29) is 0 Å². The third-order valence-corrected chi connectivity index (χ3v) is 5.91. The third-order valence-electron chi connectivity index (χ3n) is 3.47. The van der Waals surface area contributed by atoms with Gasteiger partial charge in [0.05, 0.1) is 12.5 Å². The van der Waals surface area contributed by atoms with Gasteiger partial charge in [0.1, 0.15) is 0 Å². The second kappa shape index (κ2) is 8.86. The van der Waals surface area contributed by atoms with Gasteiger partial charge in [-0.15, -0.1) is 0 Å². The molecule has 0 fully saturated rings. The molecule has 118 valence electrons. The fraction of sp³-hybridized carbons (Fsp3) is 0. The van der Waals surface area contributed by atoms with Crippen molar-refractivity contribution in [1.82, 2.24) is 0 Å². The minimum Gasteiger partial charge on any atom is -0.473 e. The van der Waals surface area contributed by atoms with Crippen molar-refractivity contribution in [3.8, 4) is 0 Å². The Morgan fingerprint density at radius 3 is 1.00 bits per heavy atom. The Labute approximate surface area is 144 Å². The van der Waals surface area contributed by atoms with Crippen LogP contribution < -0.4 is 15.9 Å². The predicted molar refractivity (Wildman–Crippen MR) is 104 cm³/mol. The topological polar surface area (TPSA) is 13.1 Å². The number of rotatable bonds is 3. The third kappa shape index (κ3) is 4.44. The van der Waals surface area contributed by atoms with Crippen molar-refractivity contribution >= 4 is 23.8 Å². The molecule has 4 rings (SSSR count). The Bertz CT molecular complexity index is 685. The maximum atomic E-state index is 4.58. The standard InChI is InChI=1S/C18H15P.C4H4O/c1-4-10-16(11-5-1)19(17-12-6-2-7-13-17)18-14-8-3-9-15-18;1-2-4-5-3-1/h1-15H;1-4H. The van der Waals surface area contributed by atoms with Crippen LogP contribution >= 0.6 is 7.92 Å². The number of benzene rings is 3. The van der Waals surface area contributed by atoms with Gasteiger partial charge >= 0.3 is 0 Å². The van der Waals surface area contributed by atoms with Crippen LogP contribution in [0.25, 0.3) is 0 Å². The molecule has 0 atom stereocenters. The van der Waals surface area contributed by atoms with Crippen LogP contribution in [0, 0.1) is 0 Å². The normalized spacial score (nSPS) is 10.0. The van der Waals surface area contributed by atoms with Gasteiger partial charge in [0, 0.05) is 0 Å². The zero-order chi connectivity index (χ0) is 16.5. The Hall–Kier alpha value is -2.63.